The van der Waals surface area contributed by atoms with Crippen molar-refractivity contribution in [2.75, 3.05) is 4.90 Å². The van der Waals surface area contributed by atoms with Crippen LogP contribution in [0.5, 0.6) is 0 Å². The smallest absolute Gasteiger partial charge is 0.273 e. The van der Waals surface area contributed by atoms with Gasteiger partial charge < -0.3 is 0 Å². The van der Waals surface area contributed by atoms with Gasteiger partial charge in [-0.25, -0.2) is 0 Å². The largest absolute Gasteiger partial charge is 0.321 e. The van der Waals surface area contributed by atoms with Gasteiger partial charge >= 0.3 is 6.41 Å². The molecule has 0 fully saturated rings. The summed E-state index contributed by atoms with van der Waals surface area (Å²) in [5.41, 5.74) is 4.36. The first kappa shape index (κ1) is 17.3. The van der Waals surface area contributed by atoms with E-state index in [4.69, 9.17) is 0 Å². The zero-order chi connectivity index (χ0) is 16.5. The van der Waals surface area contributed by atoms with Crippen LogP contribution in [-0.2, 0) is 17.6 Å². The van der Waals surface area contributed by atoms with E-state index in [1.165, 1.54) is 36.8 Å². The summed E-state index contributed by atoms with van der Waals surface area (Å²) >= 11 is 0. The maximum atomic E-state index is 11.4. The third kappa shape index (κ3) is 4.95. The summed E-state index contributed by atoms with van der Waals surface area (Å²) in [6.07, 6.45) is 9.01. The Balaban J connectivity index is 2.10. The molecule has 0 saturated carbocycles. The number of hydrogen-bond acceptors (Lipinski definition) is 1. The highest BCUT2D eigenvalue weighted by atomic mass is 16.1. The molecule has 2 rings (SSSR count). The minimum atomic E-state index is 0.863. The number of aryl methyl sites for hydroxylation is 2. The van der Waals surface area contributed by atoms with Gasteiger partial charge in [0.05, 0.1) is 0 Å². The molecule has 2 heteroatoms. The van der Waals surface area contributed by atoms with Gasteiger partial charge in [0.25, 0.3) is 0 Å². The molecule has 0 heterocycles. The van der Waals surface area contributed by atoms with E-state index < -0.39 is 0 Å². The van der Waals surface area contributed by atoms with E-state index in [2.05, 4.69) is 38.1 Å². The minimum absolute atomic E-state index is 0.863. The van der Waals surface area contributed by atoms with Crippen molar-refractivity contribution < 1.29 is 4.79 Å². The number of rotatable bonds is 9. The predicted octanol–water partition coefficient (Wildman–Crippen LogP) is 5.58. The quantitative estimate of drug-likeness (QED) is 0.554. The van der Waals surface area contributed by atoms with Crippen molar-refractivity contribution in [2.45, 2.75) is 52.4 Å². The highest BCUT2D eigenvalue weighted by Gasteiger charge is 2.09. The van der Waals surface area contributed by atoms with Gasteiger partial charge in [0.1, 0.15) is 0 Å². The lowest BCUT2D eigenvalue weighted by Gasteiger charge is -2.17. The second kappa shape index (κ2) is 9.14. The number of nitrogens with zero attached hydrogens (tertiary/aromatic N) is 1. The number of hydrogen-bond donors (Lipinski definition) is 0. The number of unbranched alkanes of at least 4 members (excludes halogenated alkanes) is 2. The zero-order valence-corrected chi connectivity index (χ0v) is 14.2. The maximum Gasteiger partial charge on any atom is 0.321 e. The Morgan fingerprint density at radius 2 is 1.13 bits per heavy atom. The van der Waals surface area contributed by atoms with E-state index in [-0.39, 0.29) is 0 Å². The topological polar surface area (TPSA) is 20.3 Å². The molecule has 0 aliphatic heterocycles. The molecule has 0 saturated heterocycles. The Kier molecular flexibility index (Phi) is 6.86. The van der Waals surface area contributed by atoms with Crippen molar-refractivity contribution >= 4 is 17.8 Å². The van der Waals surface area contributed by atoms with E-state index in [0.29, 0.717) is 0 Å². The molecule has 121 valence electrons. The Morgan fingerprint density at radius 3 is 1.43 bits per heavy atom. The third-order valence-corrected chi connectivity index (χ3v) is 4.12. The van der Waals surface area contributed by atoms with Gasteiger partial charge in [0.2, 0.25) is 0 Å². The van der Waals surface area contributed by atoms with Crippen molar-refractivity contribution in [3.05, 3.63) is 59.7 Å². The lowest BCUT2D eigenvalue weighted by Crippen LogP contribution is -2.13. The molecule has 2 aromatic carbocycles. The molecule has 2 nitrogen and oxygen atoms in total. The van der Waals surface area contributed by atoms with Crippen LogP contribution in [0.15, 0.2) is 48.5 Å². The molecule has 2 aromatic rings. The standard InChI is InChI=1S/C21H26NO/c1-3-5-7-18-9-13-20(14-10-18)22(17-23)21-15-11-19(12-16-21)8-6-4-2/h9-16H,3-8H2,1-2H3. The van der Waals surface area contributed by atoms with Gasteiger partial charge in [-0.15, -0.1) is 0 Å². The van der Waals surface area contributed by atoms with Crippen LogP contribution in [0.25, 0.3) is 0 Å². The van der Waals surface area contributed by atoms with Gasteiger partial charge in [-0.1, -0.05) is 51.0 Å². The van der Waals surface area contributed by atoms with Gasteiger partial charge in [-0.05, 0) is 61.1 Å². The molecule has 23 heavy (non-hydrogen) atoms. The summed E-state index contributed by atoms with van der Waals surface area (Å²) in [5.74, 6) is 0. The summed E-state index contributed by atoms with van der Waals surface area (Å²) in [6, 6.07) is 16.4. The molecule has 0 aromatic heterocycles. The monoisotopic (exact) mass is 308 g/mol. The molecular formula is C21H26NO. The van der Waals surface area contributed by atoms with Gasteiger partial charge in [0, 0.05) is 11.4 Å². The van der Waals surface area contributed by atoms with Crippen LogP contribution >= 0.6 is 0 Å². The van der Waals surface area contributed by atoms with E-state index in [9.17, 15) is 4.79 Å². The van der Waals surface area contributed by atoms with Crippen LogP contribution < -0.4 is 4.90 Å². The van der Waals surface area contributed by atoms with Crippen molar-refractivity contribution in [2.24, 2.45) is 0 Å². The second-order valence-electron chi connectivity index (χ2n) is 5.97. The predicted molar refractivity (Wildman–Crippen MR) is 97.9 cm³/mol. The van der Waals surface area contributed by atoms with Crippen LogP contribution in [0.1, 0.15) is 50.7 Å². The first-order valence-corrected chi connectivity index (χ1v) is 8.64. The van der Waals surface area contributed by atoms with Crippen LogP contribution in [0.4, 0.5) is 11.4 Å². The zero-order valence-electron chi connectivity index (χ0n) is 14.2. The van der Waals surface area contributed by atoms with E-state index in [0.717, 1.165) is 24.2 Å². The highest BCUT2D eigenvalue weighted by molar-refractivity contribution is 5.86. The first-order valence-electron chi connectivity index (χ1n) is 8.64. The van der Waals surface area contributed by atoms with Crippen LogP contribution in [-0.4, -0.2) is 6.41 Å². The number of benzene rings is 2. The Labute approximate surface area is 140 Å². The number of amides is 1. The molecule has 0 bridgehead atoms. The molecular weight excluding hydrogens is 282 g/mol. The van der Waals surface area contributed by atoms with Crippen molar-refractivity contribution in [1.29, 1.82) is 0 Å². The first-order chi connectivity index (χ1) is 11.3. The molecule has 0 spiro atoms. The molecule has 0 aliphatic carbocycles. The summed E-state index contributed by atoms with van der Waals surface area (Å²) in [6.45, 7) is 4.39. The van der Waals surface area contributed by atoms with E-state index in [1.54, 1.807) is 4.90 Å². The maximum absolute atomic E-state index is 11.4. The van der Waals surface area contributed by atoms with Crippen molar-refractivity contribution in [1.82, 2.24) is 0 Å². The van der Waals surface area contributed by atoms with Gasteiger partial charge in [-0.2, -0.15) is 0 Å². The molecule has 0 atom stereocenters. The summed E-state index contributed by atoms with van der Waals surface area (Å²) < 4.78 is 0. The van der Waals surface area contributed by atoms with Crippen LogP contribution in [0.2, 0.25) is 0 Å². The lowest BCUT2D eigenvalue weighted by atomic mass is 10.1. The molecule has 0 N–H and O–H groups in total. The average molecular weight is 308 g/mol. The lowest BCUT2D eigenvalue weighted by molar-refractivity contribution is 0.556. The molecule has 1 radical (unpaired) electrons. The average Bonchev–Trinajstić information content (AvgIpc) is 2.61. The minimum Gasteiger partial charge on any atom is -0.273 e. The SMILES string of the molecule is CCCCc1ccc(N([C]=O)c2ccc(CCCC)cc2)cc1. The number of carbonyl (C=O) groups excluding carboxylic acids is 1. The Hall–Kier alpha value is -2.09. The van der Waals surface area contributed by atoms with Gasteiger partial charge in [0.15, 0.2) is 0 Å². The Bertz CT molecular complexity index is 535. The van der Waals surface area contributed by atoms with Crippen LogP contribution in [0, 0.1) is 0 Å². The normalized spacial score (nSPS) is 10.5. The molecule has 0 aliphatic rings. The van der Waals surface area contributed by atoms with Crippen molar-refractivity contribution in [3.63, 3.8) is 0 Å². The fraction of sp³-hybridized carbons (Fsp3) is 0.381. The Morgan fingerprint density at radius 1 is 0.739 bits per heavy atom. The summed E-state index contributed by atoms with van der Waals surface area (Å²) in [7, 11) is 0. The van der Waals surface area contributed by atoms with Crippen LogP contribution in [0.3, 0.4) is 0 Å². The fourth-order valence-electron chi connectivity index (χ4n) is 2.64. The molecule has 0 unspecified atom stereocenters. The number of anilines is 2. The molecule has 1 amide bonds. The second-order valence-corrected chi connectivity index (χ2v) is 5.97. The fourth-order valence-corrected chi connectivity index (χ4v) is 2.64. The highest BCUT2D eigenvalue weighted by Crippen LogP contribution is 2.25. The summed E-state index contributed by atoms with van der Waals surface area (Å²) in [4.78, 5) is 13.0. The summed E-state index contributed by atoms with van der Waals surface area (Å²) in [5, 5.41) is 0. The van der Waals surface area contributed by atoms with E-state index in [1.807, 2.05) is 30.7 Å². The van der Waals surface area contributed by atoms with E-state index >= 15 is 0 Å². The van der Waals surface area contributed by atoms with Gasteiger partial charge in [-0.3, -0.25) is 9.69 Å². The van der Waals surface area contributed by atoms with Crippen molar-refractivity contribution in [3.8, 4) is 0 Å². The third-order valence-electron chi connectivity index (χ3n) is 4.12.